The maximum absolute atomic E-state index is 14.0. The number of methoxy groups -OCH3 is 1. The van der Waals surface area contributed by atoms with E-state index in [0.29, 0.717) is 35.0 Å². The second kappa shape index (κ2) is 21.9. The van der Waals surface area contributed by atoms with Gasteiger partial charge in [0.05, 0.1) is 19.4 Å². The number of esters is 2. The highest BCUT2D eigenvalue weighted by Gasteiger charge is 2.27. The maximum Gasteiger partial charge on any atom is 0.412 e. The summed E-state index contributed by atoms with van der Waals surface area (Å²) in [5, 5.41) is 36.2. The lowest BCUT2D eigenvalue weighted by atomic mass is 9.94. The van der Waals surface area contributed by atoms with Gasteiger partial charge in [-0.15, -0.1) is 0 Å². The van der Waals surface area contributed by atoms with Crippen molar-refractivity contribution in [2.75, 3.05) is 32.4 Å². The molecule has 1 aliphatic rings. The quantitative estimate of drug-likeness (QED) is 0.0229. The van der Waals surface area contributed by atoms with E-state index < -0.39 is 49.0 Å². The van der Waals surface area contributed by atoms with Gasteiger partial charge in [-0.05, 0) is 80.1 Å². The Morgan fingerprint density at radius 2 is 1.76 bits per heavy atom. The molecule has 1 saturated carbocycles. The molecule has 0 saturated heterocycles. The van der Waals surface area contributed by atoms with Crippen LogP contribution in [0.15, 0.2) is 55.1 Å². The van der Waals surface area contributed by atoms with Gasteiger partial charge in [-0.2, -0.15) is 0 Å². The molecule has 8 N–H and O–H groups in total. The van der Waals surface area contributed by atoms with Crippen LogP contribution in [0.4, 0.5) is 10.5 Å². The third-order valence-electron chi connectivity index (χ3n) is 9.06. The van der Waals surface area contributed by atoms with Gasteiger partial charge in [-0.25, -0.2) is 14.6 Å². The predicted octanol–water partition coefficient (Wildman–Crippen LogP) is 5.12. The molecule has 2 amide bonds. The molecule has 2 aromatic carbocycles. The Hall–Kier alpha value is -6.17. The van der Waals surface area contributed by atoms with Crippen molar-refractivity contribution in [3.8, 4) is 16.9 Å². The Labute approximate surface area is 335 Å². The zero-order valence-corrected chi connectivity index (χ0v) is 32.5. The fraction of sp³-hybridized carbons (Fsp3) is 0.390. The molecule has 0 bridgehead atoms. The van der Waals surface area contributed by atoms with E-state index in [9.17, 15) is 29.1 Å². The molecule has 3 aromatic rings. The number of alkyl carbamates (subject to hydrolysis) is 1. The summed E-state index contributed by atoms with van der Waals surface area (Å²) < 4.78 is 20.9. The van der Waals surface area contributed by atoms with Crippen LogP contribution in [-0.2, 0) is 23.8 Å². The number of nitrogens with zero attached hydrogens (tertiary/aromatic N) is 1. The van der Waals surface area contributed by atoms with Crippen LogP contribution in [0.2, 0.25) is 0 Å². The zero-order chi connectivity index (χ0) is 42.2. The van der Waals surface area contributed by atoms with Gasteiger partial charge >= 0.3 is 24.0 Å². The van der Waals surface area contributed by atoms with Crippen molar-refractivity contribution in [2.24, 2.45) is 11.7 Å². The standard InChI is InChI=1S/C41H50N6O11/c1-4-6-7-8-19-56-41(54)47-36(43)26-11-13-27(14-12-26)45-37(50)30-20-25(5-2)33(55-3)21-29(30)28-15-17-32(38(51)44-22-24-9-10-24)46-35(28)40(53)58-23-57-39(52)31(42)16-18-34(48)49/h5,11-15,17,20-21,24,31,38,44,51H,2,4,6-10,16,18-19,22-23,42H2,1,3H3,(H,45,50)(H,48,49)(H2,43,47,54)/t31-,38?/m0/s1. The number of ether oxygens (including phenoxy) is 4. The van der Waals surface area contributed by atoms with Gasteiger partial charge in [0.15, 0.2) is 5.69 Å². The van der Waals surface area contributed by atoms with Gasteiger partial charge in [0.1, 0.15) is 23.9 Å². The van der Waals surface area contributed by atoms with Crippen molar-refractivity contribution >= 4 is 47.5 Å². The van der Waals surface area contributed by atoms with E-state index in [0.717, 1.165) is 38.5 Å². The van der Waals surface area contributed by atoms with Crippen molar-refractivity contribution in [3.63, 3.8) is 0 Å². The topological polar surface area (TPSA) is 262 Å². The van der Waals surface area contributed by atoms with Crippen LogP contribution in [0.5, 0.6) is 5.75 Å². The normalized spacial score (nSPS) is 13.0. The first-order valence-electron chi connectivity index (χ1n) is 18.9. The number of anilines is 1. The highest BCUT2D eigenvalue weighted by atomic mass is 16.7. The molecule has 0 radical (unpaired) electrons. The summed E-state index contributed by atoms with van der Waals surface area (Å²) in [6.45, 7) is 5.79. The van der Waals surface area contributed by atoms with Gasteiger partial charge in [0, 0.05) is 46.5 Å². The van der Waals surface area contributed by atoms with Crippen LogP contribution in [0.25, 0.3) is 17.2 Å². The van der Waals surface area contributed by atoms with Crippen LogP contribution in [0.3, 0.4) is 0 Å². The average molecular weight is 803 g/mol. The predicted molar refractivity (Wildman–Crippen MR) is 213 cm³/mol. The maximum atomic E-state index is 14.0. The lowest BCUT2D eigenvalue weighted by Crippen LogP contribution is -2.33. The number of hydrogen-bond acceptors (Lipinski definition) is 14. The van der Waals surface area contributed by atoms with Crippen LogP contribution in [-0.4, -0.2) is 84.0 Å². The number of benzene rings is 2. The molecule has 1 unspecified atom stereocenters. The second-order valence-electron chi connectivity index (χ2n) is 13.5. The second-order valence-corrected chi connectivity index (χ2v) is 13.5. The van der Waals surface area contributed by atoms with Gasteiger partial charge < -0.3 is 40.2 Å². The van der Waals surface area contributed by atoms with E-state index in [-0.39, 0.29) is 53.4 Å². The number of aromatic nitrogens is 1. The molecule has 58 heavy (non-hydrogen) atoms. The van der Waals surface area contributed by atoms with Crippen LogP contribution < -0.4 is 26.4 Å². The number of hydrogen-bond donors (Lipinski definition) is 7. The molecule has 2 atom stereocenters. The highest BCUT2D eigenvalue weighted by Crippen LogP contribution is 2.35. The summed E-state index contributed by atoms with van der Waals surface area (Å²) >= 11 is 0. The lowest BCUT2D eigenvalue weighted by Gasteiger charge is -2.19. The molecular formula is C41H50N6O11. The number of aliphatic hydroxyl groups is 1. The molecule has 17 heteroatoms. The Morgan fingerprint density at radius 3 is 2.41 bits per heavy atom. The van der Waals surface area contributed by atoms with Gasteiger partial charge in [0.25, 0.3) is 5.91 Å². The third-order valence-corrected chi connectivity index (χ3v) is 9.06. The SMILES string of the molecule is C=Cc1cc(C(=O)Nc2ccc(C(=N)NC(=O)OCCCCCC)cc2)c(-c2ccc(C(O)NCC3CC3)nc2C(=O)OCOC(=O)[C@@H](N)CCC(=O)O)cc1OC. The third kappa shape index (κ3) is 13.2. The number of rotatable bonds is 22. The number of pyridine rings is 1. The molecular weight excluding hydrogens is 752 g/mol. The van der Waals surface area contributed by atoms with Crippen molar-refractivity contribution in [1.82, 2.24) is 15.6 Å². The number of carboxylic acid groups (broad SMARTS) is 1. The first-order chi connectivity index (χ1) is 27.8. The molecule has 17 nitrogen and oxygen atoms in total. The number of carboxylic acids is 1. The van der Waals surface area contributed by atoms with E-state index in [1.54, 1.807) is 12.1 Å². The van der Waals surface area contributed by atoms with E-state index in [2.05, 4.69) is 34.4 Å². The molecule has 0 spiro atoms. The van der Waals surface area contributed by atoms with Gasteiger partial charge in [-0.1, -0.05) is 38.8 Å². The van der Waals surface area contributed by atoms with Gasteiger partial charge in [-0.3, -0.25) is 30.4 Å². The first-order valence-corrected chi connectivity index (χ1v) is 18.9. The molecule has 1 aromatic heterocycles. The van der Waals surface area contributed by atoms with Crippen molar-refractivity contribution in [3.05, 3.63) is 83.2 Å². The summed E-state index contributed by atoms with van der Waals surface area (Å²) in [6, 6.07) is 10.9. The number of amidine groups is 1. The number of unbranched alkanes of at least 4 members (excludes halogenated alkanes) is 3. The molecule has 1 aliphatic carbocycles. The Balaban J connectivity index is 1.60. The molecule has 310 valence electrons. The van der Waals surface area contributed by atoms with E-state index in [4.69, 9.17) is 35.2 Å². The largest absolute Gasteiger partial charge is 0.496 e. The highest BCUT2D eigenvalue weighted by molar-refractivity contribution is 6.11. The molecule has 4 rings (SSSR count). The van der Waals surface area contributed by atoms with Crippen LogP contribution in [0, 0.1) is 11.3 Å². The zero-order valence-electron chi connectivity index (χ0n) is 32.5. The van der Waals surface area contributed by atoms with Gasteiger partial charge in [0.2, 0.25) is 6.79 Å². The number of nitrogens with two attached hydrogens (primary N) is 1. The first kappa shape index (κ1) is 44.5. The molecule has 1 heterocycles. The van der Waals surface area contributed by atoms with Crippen molar-refractivity contribution in [2.45, 2.75) is 70.6 Å². The summed E-state index contributed by atoms with van der Waals surface area (Å²) in [5.41, 5.74) is 6.91. The fourth-order valence-corrected chi connectivity index (χ4v) is 5.58. The lowest BCUT2D eigenvalue weighted by molar-refractivity contribution is -0.154. The summed E-state index contributed by atoms with van der Waals surface area (Å²) in [5.74, 6) is -3.31. The summed E-state index contributed by atoms with van der Waals surface area (Å²) in [4.78, 5) is 67.4. The van der Waals surface area contributed by atoms with E-state index >= 15 is 0 Å². The molecule has 1 fully saturated rings. The average Bonchev–Trinajstić information content (AvgIpc) is 4.06. The van der Waals surface area contributed by atoms with E-state index in [1.807, 2.05) is 0 Å². The Kier molecular flexibility index (Phi) is 16.9. The summed E-state index contributed by atoms with van der Waals surface area (Å²) in [7, 11) is 1.42. The number of aliphatic hydroxyl groups excluding tert-OH is 1. The minimum atomic E-state index is -1.27. The van der Waals surface area contributed by atoms with Crippen LogP contribution >= 0.6 is 0 Å². The fourth-order valence-electron chi connectivity index (χ4n) is 5.58. The minimum Gasteiger partial charge on any atom is -0.496 e. The molecule has 0 aliphatic heterocycles. The van der Waals surface area contributed by atoms with E-state index in [1.165, 1.54) is 49.6 Å². The summed E-state index contributed by atoms with van der Waals surface area (Å²) in [6.07, 6.45) is 4.73. The minimum absolute atomic E-state index is 0.0581. The number of carbonyl (C=O) groups is 5. The Morgan fingerprint density at radius 1 is 1.02 bits per heavy atom. The monoisotopic (exact) mass is 802 g/mol. The number of carbonyl (C=O) groups excluding carboxylic acids is 4. The number of amides is 2. The Bertz CT molecular complexity index is 1970. The van der Waals surface area contributed by atoms with Crippen molar-refractivity contribution < 1.29 is 53.1 Å². The number of nitrogens with one attached hydrogen (secondary N) is 4. The number of aliphatic carboxylic acids is 1. The van der Waals surface area contributed by atoms with Crippen LogP contribution in [0.1, 0.15) is 102 Å². The smallest absolute Gasteiger partial charge is 0.412 e. The van der Waals surface area contributed by atoms with Crippen molar-refractivity contribution in [1.29, 1.82) is 5.41 Å².